The molecule has 0 saturated heterocycles. The molecule has 0 nitrogen and oxygen atoms in total. The molecule has 0 amide bonds. The quantitative estimate of drug-likeness (QED) is 0.582. The normalized spacial score (nSPS) is 10.8. The number of rotatable bonds is 1. The Morgan fingerprint density at radius 3 is 2.55 bits per heavy atom. The largest absolute Gasteiger partial charge is 0.207 e. The first-order chi connectivity index (χ1) is 5.24. The van der Waals surface area contributed by atoms with E-state index < -0.39 is 11.6 Å². The van der Waals surface area contributed by atoms with E-state index in [4.69, 9.17) is 0 Å². The van der Waals surface area contributed by atoms with Crippen molar-refractivity contribution in [2.24, 2.45) is 0 Å². The molecule has 0 aliphatic rings. The Kier molecular flexibility index (Phi) is 2.36. The van der Waals surface area contributed by atoms with E-state index in [0.717, 1.165) is 6.07 Å². The van der Waals surface area contributed by atoms with Crippen molar-refractivity contribution in [2.75, 3.05) is 0 Å². The Bertz CT molecular complexity index is 277. The van der Waals surface area contributed by atoms with Crippen molar-refractivity contribution >= 4 is 6.08 Å². The monoisotopic (exact) mass is 153 g/mol. The average Bonchev–Trinajstić information content (AvgIpc) is 1.95. The van der Waals surface area contributed by atoms with Crippen LogP contribution in [0.15, 0.2) is 24.3 Å². The molecule has 0 aliphatic heterocycles. The van der Waals surface area contributed by atoms with Crippen molar-refractivity contribution in [3.8, 4) is 0 Å². The molecule has 0 saturated carbocycles. The first-order valence-corrected chi connectivity index (χ1v) is 3.15. The molecular formula is C9H7F2. The molecule has 57 valence electrons. The van der Waals surface area contributed by atoms with Crippen LogP contribution < -0.4 is 0 Å². The summed E-state index contributed by atoms with van der Waals surface area (Å²) in [4.78, 5) is 0. The van der Waals surface area contributed by atoms with Gasteiger partial charge in [-0.25, -0.2) is 8.78 Å². The van der Waals surface area contributed by atoms with Gasteiger partial charge in [0.1, 0.15) is 11.6 Å². The summed E-state index contributed by atoms with van der Waals surface area (Å²) in [5.41, 5.74) is 0.349. The van der Waals surface area contributed by atoms with Gasteiger partial charge >= 0.3 is 0 Å². The highest BCUT2D eigenvalue weighted by Crippen LogP contribution is 2.10. The van der Waals surface area contributed by atoms with Crippen LogP contribution in [0.2, 0.25) is 0 Å². The second kappa shape index (κ2) is 3.28. The van der Waals surface area contributed by atoms with Crippen molar-refractivity contribution in [1.82, 2.24) is 0 Å². The minimum Gasteiger partial charge on any atom is -0.207 e. The van der Waals surface area contributed by atoms with Crippen molar-refractivity contribution < 1.29 is 8.78 Å². The van der Waals surface area contributed by atoms with E-state index in [-0.39, 0.29) is 0 Å². The van der Waals surface area contributed by atoms with Gasteiger partial charge in [0.05, 0.1) is 0 Å². The lowest BCUT2D eigenvalue weighted by atomic mass is 10.2. The van der Waals surface area contributed by atoms with Crippen LogP contribution in [-0.4, -0.2) is 0 Å². The zero-order chi connectivity index (χ0) is 8.27. The molecule has 0 atom stereocenters. The van der Waals surface area contributed by atoms with Crippen molar-refractivity contribution in [3.63, 3.8) is 0 Å². The summed E-state index contributed by atoms with van der Waals surface area (Å²) in [6.45, 7) is 3.40. The second-order valence-corrected chi connectivity index (χ2v) is 2.07. The van der Waals surface area contributed by atoms with E-state index in [9.17, 15) is 8.78 Å². The first kappa shape index (κ1) is 7.92. The summed E-state index contributed by atoms with van der Waals surface area (Å²) < 4.78 is 25.0. The number of halogens is 2. The topological polar surface area (TPSA) is 0 Å². The van der Waals surface area contributed by atoms with Crippen LogP contribution in [0.1, 0.15) is 5.56 Å². The molecule has 1 aromatic carbocycles. The molecule has 0 bridgehead atoms. The van der Waals surface area contributed by atoms with Gasteiger partial charge in [0.15, 0.2) is 0 Å². The van der Waals surface area contributed by atoms with Crippen LogP contribution in [0.5, 0.6) is 0 Å². The highest BCUT2D eigenvalue weighted by molar-refractivity contribution is 5.50. The highest BCUT2D eigenvalue weighted by Gasteiger charge is 1.98. The molecule has 0 heterocycles. The fourth-order valence-electron chi connectivity index (χ4n) is 0.764. The van der Waals surface area contributed by atoms with Gasteiger partial charge in [-0.05, 0) is 19.1 Å². The summed E-state index contributed by atoms with van der Waals surface area (Å²) in [5.74, 6) is -1.13. The summed E-state index contributed by atoms with van der Waals surface area (Å²) in [7, 11) is 0. The van der Waals surface area contributed by atoms with Crippen molar-refractivity contribution in [2.45, 2.75) is 0 Å². The van der Waals surface area contributed by atoms with Gasteiger partial charge in [-0.3, -0.25) is 0 Å². The molecule has 0 N–H and O–H groups in total. The number of allylic oxidation sites excluding steroid dienone is 1. The number of benzene rings is 1. The molecule has 0 fully saturated rings. The molecule has 1 rings (SSSR count). The molecular weight excluding hydrogens is 146 g/mol. The Morgan fingerprint density at radius 1 is 1.27 bits per heavy atom. The second-order valence-electron chi connectivity index (χ2n) is 2.07. The number of hydrogen-bond donors (Lipinski definition) is 0. The van der Waals surface area contributed by atoms with Crippen LogP contribution in [-0.2, 0) is 0 Å². The Labute approximate surface area is 64.2 Å². The van der Waals surface area contributed by atoms with Crippen LogP contribution in [0.4, 0.5) is 8.78 Å². The summed E-state index contributed by atoms with van der Waals surface area (Å²) >= 11 is 0. The Morgan fingerprint density at radius 2 is 2.00 bits per heavy atom. The fourth-order valence-corrected chi connectivity index (χ4v) is 0.764. The minimum atomic E-state index is -0.566. The third-order valence-electron chi connectivity index (χ3n) is 1.26. The first-order valence-electron chi connectivity index (χ1n) is 3.15. The van der Waals surface area contributed by atoms with E-state index in [1.54, 1.807) is 0 Å². The number of hydrogen-bond acceptors (Lipinski definition) is 0. The molecule has 11 heavy (non-hydrogen) atoms. The molecule has 0 spiro atoms. The van der Waals surface area contributed by atoms with Crippen LogP contribution in [0, 0.1) is 18.6 Å². The summed E-state index contributed by atoms with van der Waals surface area (Å²) in [6.07, 6.45) is 2.94. The molecule has 0 unspecified atom stereocenters. The summed E-state index contributed by atoms with van der Waals surface area (Å²) in [6, 6.07) is 3.42. The lowest BCUT2D eigenvalue weighted by Gasteiger charge is -1.94. The molecule has 2 heteroatoms. The maximum Gasteiger partial charge on any atom is 0.133 e. The van der Waals surface area contributed by atoms with Crippen LogP contribution in [0.3, 0.4) is 0 Å². The fraction of sp³-hybridized carbons (Fsp3) is 0. The van der Waals surface area contributed by atoms with E-state index in [1.807, 2.05) is 0 Å². The molecule has 0 aromatic heterocycles. The predicted octanol–water partition coefficient (Wildman–Crippen LogP) is 2.81. The maximum absolute atomic E-state index is 12.7. The van der Waals surface area contributed by atoms with E-state index in [1.165, 1.54) is 24.3 Å². The molecule has 0 aliphatic carbocycles. The zero-order valence-electron chi connectivity index (χ0n) is 5.85. The van der Waals surface area contributed by atoms with E-state index in [0.29, 0.717) is 5.56 Å². The lowest BCUT2D eigenvalue weighted by Crippen LogP contribution is -1.82. The predicted molar refractivity (Wildman–Crippen MR) is 40.7 cm³/mol. The van der Waals surface area contributed by atoms with Gasteiger partial charge in [0, 0.05) is 11.6 Å². The SMILES string of the molecule is [CH2]/C=C/c1ccc(F)cc1F. The van der Waals surface area contributed by atoms with Crippen molar-refractivity contribution in [3.05, 3.63) is 48.4 Å². The zero-order valence-corrected chi connectivity index (χ0v) is 5.85. The van der Waals surface area contributed by atoms with Gasteiger partial charge in [-0.1, -0.05) is 12.2 Å². The van der Waals surface area contributed by atoms with Crippen LogP contribution >= 0.6 is 0 Å². The summed E-state index contributed by atoms with van der Waals surface area (Å²) in [5, 5.41) is 0. The third kappa shape index (κ3) is 1.87. The highest BCUT2D eigenvalue weighted by atomic mass is 19.1. The van der Waals surface area contributed by atoms with Gasteiger partial charge < -0.3 is 0 Å². The molecule has 1 aromatic rings. The van der Waals surface area contributed by atoms with Gasteiger partial charge in [-0.2, -0.15) is 0 Å². The maximum atomic E-state index is 12.7. The lowest BCUT2D eigenvalue weighted by molar-refractivity contribution is 0.581. The average molecular weight is 153 g/mol. The Hall–Kier alpha value is -1.18. The Balaban J connectivity index is 3.09. The smallest absolute Gasteiger partial charge is 0.133 e. The van der Waals surface area contributed by atoms with Gasteiger partial charge in [0.2, 0.25) is 0 Å². The van der Waals surface area contributed by atoms with Gasteiger partial charge in [-0.15, -0.1) is 0 Å². The van der Waals surface area contributed by atoms with E-state index >= 15 is 0 Å². The van der Waals surface area contributed by atoms with Gasteiger partial charge in [0.25, 0.3) is 0 Å². The van der Waals surface area contributed by atoms with E-state index in [2.05, 4.69) is 6.92 Å². The molecule has 1 radical (unpaired) electrons. The van der Waals surface area contributed by atoms with Crippen molar-refractivity contribution in [1.29, 1.82) is 0 Å². The standard InChI is InChI=1S/C9H7F2/c1-2-3-7-4-5-8(10)6-9(7)11/h2-6H,1H2/b3-2+. The van der Waals surface area contributed by atoms with Crippen LogP contribution in [0.25, 0.3) is 6.08 Å². The minimum absolute atomic E-state index is 0.349. The third-order valence-corrected chi connectivity index (χ3v) is 1.26.